The Bertz CT molecular complexity index is 467. The predicted octanol–water partition coefficient (Wildman–Crippen LogP) is 2.63. The molecule has 1 fully saturated rings. The van der Waals surface area contributed by atoms with E-state index in [1.54, 1.807) is 0 Å². The lowest BCUT2D eigenvalue weighted by atomic mass is 10.2. The third-order valence-electron chi connectivity index (χ3n) is 2.70. The van der Waals surface area contributed by atoms with Gasteiger partial charge in [0.2, 0.25) is 0 Å². The summed E-state index contributed by atoms with van der Waals surface area (Å²) in [6.07, 6.45) is 2.35. The first-order valence-electron chi connectivity index (χ1n) is 6.29. The Hall–Kier alpha value is -1.18. The Kier molecular flexibility index (Phi) is 5.75. The lowest BCUT2D eigenvalue weighted by Crippen LogP contribution is -2.33. The highest BCUT2D eigenvalue weighted by molar-refractivity contribution is 8.00. The molecule has 0 aliphatic carbocycles. The number of benzene rings is 1. The van der Waals surface area contributed by atoms with Crippen molar-refractivity contribution < 1.29 is 23.1 Å². The third-order valence-corrected chi connectivity index (χ3v) is 3.70. The molecule has 1 aromatic rings. The molecule has 0 radical (unpaired) electrons. The van der Waals surface area contributed by atoms with E-state index in [0.29, 0.717) is 11.5 Å². The second-order valence-corrected chi connectivity index (χ2v) is 5.35. The summed E-state index contributed by atoms with van der Waals surface area (Å²) in [5.41, 5.74) is 2.30. The van der Waals surface area contributed by atoms with Gasteiger partial charge in [-0.2, -0.15) is 0 Å². The number of carbonyl (C=O) groups is 1. The van der Waals surface area contributed by atoms with Crippen molar-refractivity contribution in [2.24, 2.45) is 0 Å². The summed E-state index contributed by atoms with van der Waals surface area (Å²) in [5, 5.41) is 0. The molecule has 20 heavy (non-hydrogen) atoms. The zero-order valence-electron chi connectivity index (χ0n) is 10.7. The fraction of sp³-hybridized carbons (Fsp3) is 0.462. The van der Waals surface area contributed by atoms with E-state index in [1.807, 2.05) is 0 Å². The number of carbonyl (C=O) groups excluding carboxylic acids is 1. The van der Waals surface area contributed by atoms with Gasteiger partial charge in [-0.05, 0) is 31.0 Å². The van der Waals surface area contributed by atoms with Crippen molar-refractivity contribution in [1.82, 2.24) is 5.48 Å². The zero-order valence-corrected chi connectivity index (χ0v) is 11.6. The summed E-state index contributed by atoms with van der Waals surface area (Å²) in [6, 6.07) is 3.50. The fourth-order valence-electron chi connectivity index (χ4n) is 1.68. The van der Waals surface area contributed by atoms with Crippen LogP contribution in [0.3, 0.4) is 0 Å². The van der Waals surface area contributed by atoms with Gasteiger partial charge in [0.15, 0.2) is 17.9 Å². The van der Waals surface area contributed by atoms with Crippen LogP contribution in [0.2, 0.25) is 0 Å². The van der Waals surface area contributed by atoms with Gasteiger partial charge in [0.05, 0.1) is 5.75 Å². The molecule has 1 atom stereocenters. The highest BCUT2D eigenvalue weighted by Gasteiger charge is 2.15. The normalized spacial score (nSPS) is 18.8. The van der Waals surface area contributed by atoms with Crippen LogP contribution in [0.25, 0.3) is 0 Å². The highest BCUT2D eigenvalue weighted by atomic mass is 32.2. The Morgan fingerprint density at radius 3 is 2.95 bits per heavy atom. The van der Waals surface area contributed by atoms with Crippen LogP contribution in [0, 0.1) is 11.6 Å². The summed E-state index contributed by atoms with van der Waals surface area (Å²) < 4.78 is 31.0. The van der Waals surface area contributed by atoms with Crippen LogP contribution in [-0.4, -0.2) is 24.6 Å². The number of hydrogen-bond acceptors (Lipinski definition) is 4. The molecule has 1 unspecified atom stereocenters. The molecule has 1 heterocycles. The third kappa shape index (κ3) is 4.73. The summed E-state index contributed by atoms with van der Waals surface area (Å²) in [7, 11) is 0. The first-order chi connectivity index (χ1) is 9.65. The lowest BCUT2D eigenvalue weighted by Gasteiger charge is -2.22. The van der Waals surface area contributed by atoms with Gasteiger partial charge < -0.3 is 4.74 Å². The lowest BCUT2D eigenvalue weighted by molar-refractivity contribution is -0.199. The van der Waals surface area contributed by atoms with Crippen LogP contribution in [-0.2, 0) is 14.4 Å². The molecule has 2 rings (SSSR count). The number of halogens is 2. The Balaban J connectivity index is 1.70. The maximum atomic E-state index is 13.0. The monoisotopic (exact) mass is 303 g/mol. The predicted molar refractivity (Wildman–Crippen MR) is 69.9 cm³/mol. The number of hydroxylamine groups is 1. The van der Waals surface area contributed by atoms with E-state index < -0.39 is 17.9 Å². The van der Waals surface area contributed by atoms with Crippen LogP contribution in [0.4, 0.5) is 8.78 Å². The van der Waals surface area contributed by atoms with Crippen molar-refractivity contribution in [3.63, 3.8) is 0 Å². The van der Waals surface area contributed by atoms with Crippen molar-refractivity contribution in [2.75, 3.05) is 12.4 Å². The second-order valence-electron chi connectivity index (χ2n) is 4.30. The SMILES string of the molecule is O=C(CSc1ccc(F)c(F)c1)NOC1CCCCO1. The van der Waals surface area contributed by atoms with Crippen molar-refractivity contribution in [1.29, 1.82) is 0 Å². The Morgan fingerprint density at radius 2 is 2.25 bits per heavy atom. The van der Waals surface area contributed by atoms with Gasteiger partial charge in [0.25, 0.3) is 5.91 Å². The van der Waals surface area contributed by atoms with Gasteiger partial charge in [-0.3, -0.25) is 4.79 Å². The molecule has 4 nitrogen and oxygen atoms in total. The minimum absolute atomic E-state index is 0.0534. The quantitative estimate of drug-likeness (QED) is 0.671. The number of ether oxygens (including phenoxy) is 1. The minimum atomic E-state index is -0.928. The number of rotatable bonds is 5. The first kappa shape index (κ1) is 15.2. The maximum Gasteiger partial charge on any atom is 0.253 e. The van der Waals surface area contributed by atoms with E-state index in [4.69, 9.17) is 9.57 Å². The molecule has 7 heteroatoms. The molecule has 1 saturated heterocycles. The van der Waals surface area contributed by atoms with Gasteiger partial charge in [0.1, 0.15) is 0 Å². The van der Waals surface area contributed by atoms with Crippen LogP contribution in [0.15, 0.2) is 23.1 Å². The topological polar surface area (TPSA) is 47.6 Å². The van der Waals surface area contributed by atoms with Crippen LogP contribution in [0.1, 0.15) is 19.3 Å². The van der Waals surface area contributed by atoms with Gasteiger partial charge in [-0.15, -0.1) is 11.8 Å². The number of nitrogens with one attached hydrogen (secondary N) is 1. The molecule has 1 aliphatic rings. The van der Waals surface area contributed by atoms with Crippen LogP contribution < -0.4 is 5.48 Å². The summed E-state index contributed by atoms with van der Waals surface area (Å²) in [4.78, 5) is 17.1. The van der Waals surface area contributed by atoms with Crippen molar-refractivity contribution in [3.8, 4) is 0 Å². The van der Waals surface area contributed by atoms with Crippen molar-refractivity contribution in [2.45, 2.75) is 30.4 Å². The minimum Gasteiger partial charge on any atom is -0.350 e. The standard InChI is InChI=1S/C13H15F2NO3S/c14-10-5-4-9(7-11(10)15)20-8-12(17)16-19-13-3-1-2-6-18-13/h4-5,7,13H,1-3,6,8H2,(H,16,17). The van der Waals surface area contributed by atoms with E-state index in [-0.39, 0.29) is 11.7 Å². The van der Waals surface area contributed by atoms with Crippen LogP contribution >= 0.6 is 11.8 Å². The molecule has 1 aliphatic heterocycles. The average Bonchev–Trinajstić information content (AvgIpc) is 2.47. The smallest absolute Gasteiger partial charge is 0.253 e. The van der Waals surface area contributed by atoms with Crippen LogP contribution in [0.5, 0.6) is 0 Å². The molecule has 0 saturated carbocycles. The van der Waals surface area contributed by atoms with Gasteiger partial charge >= 0.3 is 0 Å². The van der Waals surface area contributed by atoms with Crippen molar-refractivity contribution in [3.05, 3.63) is 29.8 Å². The van der Waals surface area contributed by atoms with E-state index in [0.717, 1.165) is 43.2 Å². The number of hydrogen-bond donors (Lipinski definition) is 1. The van der Waals surface area contributed by atoms with E-state index in [2.05, 4.69) is 5.48 Å². The first-order valence-corrected chi connectivity index (χ1v) is 7.27. The molecular weight excluding hydrogens is 288 g/mol. The molecular formula is C13H15F2NO3S. The van der Waals surface area contributed by atoms with Gasteiger partial charge in [-0.25, -0.2) is 19.1 Å². The summed E-state index contributed by atoms with van der Waals surface area (Å²) in [6.45, 7) is 0.629. The molecule has 1 amide bonds. The van der Waals surface area contributed by atoms with Gasteiger partial charge in [-0.1, -0.05) is 0 Å². The average molecular weight is 303 g/mol. The molecule has 0 bridgehead atoms. The number of thioether (sulfide) groups is 1. The van der Waals surface area contributed by atoms with E-state index in [9.17, 15) is 13.6 Å². The largest absolute Gasteiger partial charge is 0.350 e. The Labute approximate surface area is 119 Å². The molecule has 0 aromatic heterocycles. The molecule has 0 spiro atoms. The van der Waals surface area contributed by atoms with Gasteiger partial charge in [0, 0.05) is 17.9 Å². The van der Waals surface area contributed by atoms with E-state index >= 15 is 0 Å². The number of amides is 1. The fourth-order valence-corrected chi connectivity index (χ4v) is 2.39. The molecule has 1 N–H and O–H groups in total. The second kappa shape index (κ2) is 7.56. The van der Waals surface area contributed by atoms with E-state index in [1.165, 1.54) is 6.07 Å². The molecule has 1 aromatic carbocycles. The Morgan fingerprint density at radius 1 is 1.40 bits per heavy atom. The molecule has 110 valence electrons. The maximum absolute atomic E-state index is 13.0. The van der Waals surface area contributed by atoms with Crippen molar-refractivity contribution >= 4 is 17.7 Å². The summed E-state index contributed by atoms with van der Waals surface area (Å²) >= 11 is 1.10. The zero-order chi connectivity index (χ0) is 14.4. The highest BCUT2D eigenvalue weighted by Crippen LogP contribution is 2.20. The summed E-state index contributed by atoms with van der Waals surface area (Å²) in [5.74, 6) is -2.13.